The van der Waals surface area contributed by atoms with Crippen LogP contribution in [0.3, 0.4) is 0 Å². The van der Waals surface area contributed by atoms with Gasteiger partial charge in [-0.25, -0.2) is 0 Å². The zero-order valence-electron chi connectivity index (χ0n) is 10.2. The minimum absolute atomic E-state index is 0.502. The quantitative estimate of drug-likeness (QED) is 0.665. The molecule has 2 aromatic carbocycles. The number of nitrogens with zero attached hydrogens (tertiary/aromatic N) is 1. The molecule has 0 unspecified atom stereocenters. The van der Waals surface area contributed by atoms with Gasteiger partial charge in [0, 0.05) is 11.1 Å². The Kier molecular flexibility index (Phi) is 3.77. The van der Waals surface area contributed by atoms with Gasteiger partial charge >= 0.3 is 6.18 Å². The van der Waals surface area contributed by atoms with Gasteiger partial charge in [0.05, 0.1) is 17.2 Å². The molecule has 20 heavy (non-hydrogen) atoms. The molecule has 1 nitrogen and oxygen atoms in total. The molecule has 0 aromatic heterocycles. The molecule has 0 fully saturated rings. The fraction of sp³-hybridized carbons (Fsp3) is 0.0625. The number of nitriles is 1. The van der Waals surface area contributed by atoms with E-state index in [1.165, 1.54) is 12.1 Å². The van der Waals surface area contributed by atoms with Crippen LogP contribution in [0.4, 0.5) is 13.2 Å². The van der Waals surface area contributed by atoms with Gasteiger partial charge in [0.25, 0.3) is 0 Å². The predicted octanol–water partition coefficient (Wildman–Crippen LogP) is 3.98. The van der Waals surface area contributed by atoms with Gasteiger partial charge in [-0.15, -0.1) is 0 Å². The number of hydrogen-bond acceptors (Lipinski definition) is 1. The largest absolute Gasteiger partial charge is 0.416 e. The van der Waals surface area contributed by atoms with Gasteiger partial charge in [0.15, 0.2) is 0 Å². The summed E-state index contributed by atoms with van der Waals surface area (Å²) in [6.07, 6.45) is -4.33. The van der Waals surface area contributed by atoms with Crippen molar-refractivity contribution >= 4 is 0 Å². The van der Waals surface area contributed by atoms with Gasteiger partial charge in [-0.2, -0.15) is 18.4 Å². The molecule has 0 spiro atoms. The van der Waals surface area contributed by atoms with Crippen LogP contribution >= 0.6 is 0 Å². The van der Waals surface area contributed by atoms with Gasteiger partial charge in [-0.1, -0.05) is 11.8 Å². The van der Waals surface area contributed by atoms with Crippen molar-refractivity contribution in [1.29, 1.82) is 5.26 Å². The van der Waals surface area contributed by atoms with Gasteiger partial charge in [-0.05, 0) is 48.5 Å². The van der Waals surface area contributed by atoms with E-state index in [0.717, 1.165) is 12.1 Å². The highest BCUT2D eigenvalue weighted by atomic mass is 19.4. The van der Waals surface area contributed by atoms with Crippen LogP contribution in [0.5, 0.6) is 0 Å². The Labute approximate surface area is 114 Å². The average molecular weight is 271 g/mol. The third kappa shape index (κ3) is 3.40. The highest BCUT2D eigenvalue weighted by Crippen LogP contribution is 2.28. The minimum atomic E-state index is -4.33. The fourth-order valence-electron chi connectivity index (χ4n) is 1.51. The summed E-state index contributed by atoms with van der Waals surface area (Å²) in [5.74, 6) is 5.61. The third-order valence-corrected chi connectivity index (χ3v) is 2.58. The Balaban J connectivity index is 2.18. The van der Waals surface area contributed by atoms with Gasteiger partial charge in [0.1, 0.15) is 0 Å². The van der Waals surface area contributed by atoms with Crippen LogP contribution in [0, 0.1) is 23.2 Å². The average Bonchev–Trinajstić information content (AvgIpc) is 2.45. The number of hydrogen-bond donors (Lipinski definition) is 0. The number of rotatable bonds is 0. The van der Waals surface area contributed by atoms with Crippen molar-refractivity contribution in [2.75, 3.05) is 0 Å². The van der Waals surface area contributed by atoms with E-state index in [1.807, 2.05) is 6.07 Å². The molecule has 0 amide bonds. The van der Waals surface area contributed by atoms with Crippen molar-refractivity contribution in [2.24, 2.45) is 0 Å². The lowest BCUT2D eigenvalue weighted by Gasteiger charge is -2.05. The highest BCUT2D eigenvalue weighted by Gasteiger charge is 2.29. The molecule has 98 valence electrons. The molecule has 0 heterocycles. The maximum absolute atomic E-state index is 12.4. The lowest BCUT2D eigenvalue weighted by Crippen LogP contribution is -2.04. The first-order chi connectivity index (χ1) is 9.49. The third-order valence-electron chi connectivity index (χ3n) is 2.58. The molecule has 2 rings (SSSR count). The normalized spacial score (nSPS) is 10.3. The molecule has 0 aliphatic heterocycles. The first kappa shape index (κ1) is 13.7. The number of halogens is 3. The summed E-state index contributed by atoms with van der Waals surface area (Å²) in [7, 11) is 0. The second-order valence-electron chi connectivity index (χ2n) is 4.01. The SMILES string of the molecule is N#Cc1ccc(C#Cc2ccc(C(F)(F)F)cc2)cc1. The summed E-state index contributed by atoms with van der Waals surface area (Å²) >= 11 is 0. The molecule has 0 radical (unpaired) electrons. The molecule has 0 aliphatic carbocycles. The zero-order chi connectivity index (χ0) is 14.6. The smallest absolute Gasteiger partial charge is 0.192 e. The molecule has 0 N–H and O–H groups in total. The maximum atomic E-state index is 12.4. The predicted molar refractivity (Wildman–Crippen MR) is 68.6 cm³/mol. The van der Waals surface area contributed by atoms with E-state index in [2.05, 4.69) is 11.8 Å². The van der Waals surface area contributed by atoms with Crippen molar-refractivity contribution in [3.63, 3.8) is 0 Å². The summed E-state index contributed by atoms with van der Waals surface area (Å²) < 4.78 is 37.1. The summed E-state index contributed by atoms with van der Waals surface area (Å²) in [4.78, 5) is 0. The lowest BCUT2D eigenvalue weighted by molar-refractivity contribution is -0.137. The summed E-state index contributed by atoms with van der Waals surface area (Å²) in [5, 5.41) is 8.65. The van der Waals surface area contributed by atoms with Crippen LogP contribution < -0.4 is 0 Å². The van der Waals surface area contributed by atoms with E-state index < -0.39 is 11.7 Å². The van der Waals surface area contributed by atoms with Crippen molar-refractivity contribution in [1.82, 2.24) is 0 Å². The Morgan fingerprint density at radius 1 is 0.700 bits per heavy atom. The first-order valence-corrected chi connectivity index (χ1v) is 5.68. The van der Waals surface area contributed by atoms with Crippen molar-refractivity contribution in [3.05, 3.63) is 70.8 Å². The molecule has 0 bridgehead atoms. The van der Waals surface area contributed by atoms with E-state index in [4.69, 9.17) is 5.26 Å². The molecule has 0 atom stereocenters. The molecular weight excluding hydrogens is 263 g/mol. The van der Waals surface area contributed by atoms with Gasteiger partial charge in [0.2, 0.25) is 0 Å². The number of benzene rings is 2. The number of alkyl halides is 3. The summed E-state index contributed by atoms with van der Waals surface area (Å²) in [6.45, 7) is 0. The fourth-order valence-corrected chi connectivity index (χ4v) is 1.51. The van der Waals surface area contributed by atoms with E-state index in [-0.39, 0.29) is 0 Å². The van der Waals surface area contributed by atoms with Crippen LogP contribution in [0.25, 0.3) is 0 Å². The molecule has 2 aromatic rings. The molecule has 0 aliphatic rings. The van der Waals surface area contributed by atoms with Gasteiger partial charge < -0.3 is 0 Å². The highest BCUT2D eigenvalue weighted by molar-refractivity contribution is 5.45. The van der Waals surface area contributed by atoms with Gasteiger partial charge in [-0.3, -0.25) is 0 Å². The van der Waals surface area contributed by atoms with Crippen LogP contribution in [0.2, 0.25) is 0 Å². The van der Waals surface area contributed by atoms with E-state index in [9.17, 15) is 13.2 Å². The Bertz CT molecular complexity index is 693. The standard InChI is InChI=1S/C16H8F3N/c17-16(18,19)15-9-7-13(8-10-15)2-1-12-3-5-14(11-20)6-4-12/h3-10H. The summed E-state index contributed by atoms with van der Waals surface area (Å²) in [5.41, 5.74) is 1.04. The summed E-state index contributed by atoms with van der Waals surface area (Å²) in [6, 6.07) is 13.3. The zero-order valence-corrected chi connectivity index (χ0v) is 10.2. The molecule has 0 saturated heterocycles. The van der Waals surface area contributed by atoms with E-state index in [1.54, 1.807) is 24.3 Å². The maximum Gasteiger partial charge on any atom is 0.416 e. The van der Waals surface area contributed by atoms with Crippen molar-refractivity contribution in [3.8, 4) is 17.9 Å². The van der Waals surface area contributed by atoms with Crippen molar-refractivity contribution in [2.45, 2.75) is 6.18 Å². The topological polar surface area (TPSA) is 23.8 Å². The molecular formula is C16H8F3N. The lowest BCUT2D eigenvalue weighted by atomic mass is 10.1. The second kappa shape index (κ2) is 5.50. The van der Waals surface area contributed by atoms with Crippen LogP contribution in [0.1, 0.15) is 22.3 Å². The van der Waals surface area contributed by atoms with Crippen LogP contribution in [-0.4, -0.2) is 0 Å². The van der Waals surface area contributed by atoms with Crippen LogP contribution in [-0.2, 0) is 6.18 Å². The Hall–Kier alpha value is -2.72. The Morgan fingerprint density at radius 3 is 1.50 bits per heavy atom. The van der Waals surface area contributed by atoms with Crippen LogP contribution in [0.15, 0.2) is 48.5 Å². The van der Waals surface area contributed by atoms with Crippen molar-refractivity contribution < 1.29 is 13.2 Å². The monoisotopic (exact) mass is 271 g/mol. The molecule has 0 saturated carbocycles. The first-order valence-electron chi connectivity index (χ1n) is 5.68. The van der Waals surface area contributed by atoms with E-state index in [0.29, 0.717) is 16.7 Å². The Morgan fingerprint density at radius 2 is 1.10 bits per heavy atom. The van der Waals surface area contributed by atoms with E-state index >= 15 is 0 Å². The molecule has 4 heteroatoms. The minimum Gasteiger partial charge on any atom is -0.192 e. The second-order valence-corrected chi connectivity index (χ2v) is 4.01.